The molecule has 3 aromatic rings. The van der Waals surface area contributed by atoms with E-state index >= 15 is 0 Å². The molecule has 4 rings (SSSR count). The number of carbonyl (C=O) groups excluding carboxylic acids is 1. The Labute approximate surface area is 187 Å². The van der Waals surface area contributed by atoms with Gasteiger partial charge < -0.3 is 14.6 Å². The number of benzene rings is 2. The van der Waals surface area contributed by atoms with Crippen molar-refractivity contribution in [3.05, 3.63) is 82.2 Å². The molecule has 0 bridgehead atoms. The average Bonchev–Trinajstić information content (AvgIpc) is 3.30. The number of likely N-dealkylation sites (tertiary alicyclic amines) is 1. The number of nitrogens with zero attached hydrogens (tertiary/aromatic N) is 2. The number of nitrogens with one attached hydrogen (secondary N) is 1. The standard InChI is InChI=1S/C24H26ClN3O3/c1-30-20-9-4-6-17(12-20)14-26-24(29)23-13-22(27-31-23)19-8-5-11-28(16-19)15-18-7-2-3-10-21(18)25/h2-4,6-7,9-10,12-13,19H,5,8,11,14-16H2,1H3,(H,26,29)/t19-/m1/s1. The Morgan fingerprint density at radius 3 is 2.97 bits per heavy atom. The van der Waals surface area contributed by atoms with Gasteiger partial charge in [0.1, 0.15) is 5.75 Å². The first-order valence-corrected chi connectivity index (χ1v) is 10.8. The van der Waals surface area contributed by atoms with Gasteiger partial charge in [0.25, 0.3) is 5.91 Å². The molecule has 1 atom stereocenters. The van der Waals surface area contributed by atoms with Gasteiger partial charge in [0.2, 0.25) is 5.76 Å². The van der Waals surface area contributed by atoms with Crippen LogP contribution in [0.2, 0.25) is 5.02 Å². The van der Waals surface area contributed by atoms with E-state index in [9.17, 15) is 4.79 Å². The van der Waals surface area contributed by atoms with Gasteiger partial charge in [0.15, 0.2) is 0 Å². The molecule has 6 nitrogen and oxygen atoms in total. The van der Waals surface area contributed by atoms with Crippen LogP contribution in [0.5, 0.6) is 5.75 Å². The highest BCUT2D eigenvalue weighted by molar-refractivity contribution is 6.31. The summed E-state index contributed by atoms with van der Waals surface area (Å²) in [6.45, 7) is 3.08. The summed E-state index contributed by atoms with van der Waals surface area (Å²) in [5.74, 6) is 0.957. The molecule has 162 valence electrons. The molecule has 0 saturated carbocycles. The summed E-state index contributed by atoms with van der Waals surface area (Å²) in [5.41, 5.74) is 2.91. The molecule has 0 unspecified atom stereocenters. The van der Waals surface area contributed by atoms with Crippen molar-refractivity contribution >= 4 is 17.5 Å². The van der Waals surface area contributed by atoms with Crippen LogP contribution in [0.1, 0.15) is 46.1 Å². The van der Waals surface area contributed by atoms with E-state index in [1.807, 2.05) is 42.5 Å². The van der Waals surface area contributed by atoms with Crippen LogP contribution in [0.15, 0.2) is 59.1 Å². The SMILES string of the molecule is COc1cccc(CNC(=O)c2cc([C@@H]3CCCN(Cc4ccccc4Cl)C3)no2)c1. The van der Waals surface area contributed by atoms with E-state index < -0.39 is 0 Å². The fourth-order valence-electron chi connectivity index (χ4n) is 3.95. The van der Waals surface area contributed by atoms with Crippen molar-refractivity contribution in [3.8, 4) is 5.75 Å². The van der Waals surface area contributed by atoms with Crippen LogP contribution in [-0.4, -0.2) is 36.2 Å². The first-order chi connectivity index (χ1) is 15.1. The topological polar surface area (TPSA) is 67.6 Å². The predicted octanol–water partition coefficient (Wildman–Crippen LogP) is 4.65. The van der Waals surface area contributed by atoms with E-state index in [1.165, 1.54) is 0 Å². The largest absolute Gasteiger partial charge is 0.497 e. The number of piperidine rings is 1. The van der Waals surface area contributed by atoms with Crippen molar-refractivity contribution in [2.45, 2.75) is 31.8 Å². The smallest absolute Gasteiger partial charge is 0.290 e. The number of ether oxygens (including phenoxy) is 1. The maximum Gasteiger partial charge on any atom is 0.290 e. The third kappa shape index (κ3) is 5.46. The number of hydrogen-bond donors (Lipinski definition) is 1. The summed E-state index contributed by atoms with van der Waals surface area (Å²) in [4.78, 5) is 14.9. The quantitative estimate of drug-likeness (QED) is 0.580. The summed E-state index contributed by atoms with van der Waals surface area (Å²) >= 11 is 6.32. The molecule has 2 aromatic carbocycles. The molecule has 2 heterocycles. The highest BCUT2D eigenvalue weighted by Gasteiger charge is 2.25. The second-order valence-electron chi connectivity index (χ2n) is 7.82. The lowest BCUT2D eigenvalue weighted by molar-refractivity contribution is 0.0913. The molecule has 1 aliphatic rings. The fraction of sp³-hybridized carbons (Fsp3) is 0.333. The predicted molar refractivity (Wildman–Crippen MR) is 119 cm³/mol. The molecule has 31 heavy (non-hydrogen) atoms. The van der Waals surface area contributed by atoms with Gasteiger partial charge in [-0.2, -0.15) is 0 Å². The van der Waals surface area contributed by atoms with Gasteiger partial charge in [-0.15, -0.1) is 0 Å². The monoisotopic (exact) mass is 439 g/mol. The second-order valence-corrected chi connectivity index (χ2v) is 8.22. The first-order valence-electron chi connectivity index (χ1n) is 10.5. The van der Waals surface area contributed by atoms with Gasteiger partial charge in [-0.05, 0) is 48.7 Å². The number of methoxy groups -OCH3 is 1. The average molecular weight is 440 g/mol. The third-order valence-electron chi connectivity index (χ3n) is 5.61. The van der Waals surface area contributed by atoms with Crippen molar-refractivity contribution in [1.29, 1.82) is 0 Å². The number of rotatable bonds is 7. The van der Waals surface area contributed by atoms with E-state index in [2.05, 4.69) is 21.4 Å². The van der Waals surface area contributed by atoms with E-state index in [4.69, 9.17) is 20.9 Å². The lowest BCUT2D eigenvalue weighted by Gasteiger charge is -2.31. The Morgan fingerprint density at radius 2 is 2.13 bits per heavy atom. The maximum atomic E-state index is 12.5. The van der Waals surface area contributed by atoms with Crippen LogP contribution in [0.25, 0.3) is 0 Å². The molecule has 1 aliphatic heterocycles. The molecular formula is C24H26ClN3O3. The van der Waals surface area contributed by atoms with E-state index in [-0.39, 0.29) is 17.6 Å². The van der Waals surface area contributed by atoms with Crippen LogP contribution in [0.3, 0.4) is 0 Å². The minimum Gasteiger partial charge on any atom is -0.497 e. The Balaban J connectivity index is 1.35. The zero-order valence-electron chi connectivity index (χ0n) is 17.5. The number of hydrogen-bond acceptors (Lipinski definition) is 5. The maximum absolute atomic E-state index is 12.5. The van der Waals surface area contributed by atoms with Gasteiger partial charge in [-0.25, -0.2) is 0 Å². The molecule has 0 radical (unpaired) electrons. The van der Waals surface area contributed by atoms with Crippen molar-refractivity contribution < 1.29 is 14.1 Å². The number of amides is 1. The van der Waals surface area contributed by atoms with Crippen LogP contribution in [-0.2, 0) is 13.1 Å². The number of carbonyl (C=O) groups is 1. The summed E-state index contributed by atoms with van der Waals surface area (Å²) in [7, 11) is 1.62. The molecule has 0 aliphatic carbocycles. The number of halogens is 1. The van der Waals surface area contributed by atoms with E-state index in [0.717, 1.165) is 60.1 Å². The first kappa shape index (κ1) is 21.4. The van der Waals surface area contributed by atoms with Gasteiger partial charge in [-0.1, -0.05) is 47.1 Å². The van der Waals surface area contributed by atoms with Gasteiger partial charge >= 0.3 is 0 Å². The summed E-state index contributed by atoms with van der Waals surface area (Å²) in [6.07, 6.45) is 2.09. The van der Waals surface area contributed by atoms with Crippen LogP contribution < -0.4 is 10.1 Å². The van der Waals surface area contributed by atoms with E-state index in [1.54, 1.807) is 13.2 Å². The van der Waals surface area contributed by atoms with Crippen molar-refractivity contribution in [2.75, 3.05) is 20.2 Å². The zero-order valence-corrected chi connectivity index (χ0v) is 18.3. The van der Waals surface area contributed by atoms with E-state index in [0.29, 0.717) is 6.54 Å². The normalized spacial score (nSPS) is 16.8. The fourth-order valence-corrected chi connectivity index (χ4v) is 4.14. The van der Waals surface area contributed by atoms with Crippen LogP contribution in [0, 0.1) is 0 Å². The van der Waals surface area contributed by atoms with Crippen molar-refractivity contribution in [1.82, 2.24) is 15.4 Å². The molecule has 1 aromatic heterocycles. The lowest BCUT2D eigenvalue weighted by Crippen LogP contribution is -2.34. The zero-order chi connectivity index (χ0) is 21.6. The molecule has 0 spiro atoms. The molecule has 1 fully saturated rings. The molecule has 1 saturated heterocycles. The van der Waals surface area contributed by atoms with Gasteiger partial charge in [0.05, 0.1) is 12.8 Å². The highest BCUT2D eigenvalue weighted by atomic mass is 35.5. The Bertz CT molecular complexity index is 1040. The Hall–Kier alpha value is -2.83. The Kier molecular flexibility index (Phi) is 6.89. The molecular weight excluding hydrogens is 414 g/mol. The molecule has 1 N–H and O–H groups in total. The summed E-state index contributed by atoms with van der Waals surface area (Å²) < 4.78 is 10.6. The van der Waals surface area contributed by atoms with Crippen molar-refractivity contribution in [3.63, 3.8) is 0 Å². The minimum absolute atomic E-state index is 0.236. The third-order valence-corrected chi connectivity index (χ3v) is 5.98. The van der Waals surface area contributed by atoms with Crippen molar-refractivity contribution in [2.24, 2.45) is 0 Å². The summed E-state index contributed by atoms with van der Waals surface area (Å²) in [6, 6.07) is 17.3. The van der Waals surface area contributed by atoms with Gasteiger partial charge in [0, 0.05) is 36.6 Å². The van der Waals surface area contributed by atoms with Crippen LogP contribution >= 0.6 is 11.6 Å². The van der Waals surface area contributed by atoms with Crippen LogP contribution in [0.4, 0.5) is 0 Å². The second kappa shape index (κ2) is 9.98. The molecule has 1 amide bonds. The molecule has 7 heteroatoms. The number of aromatic nitrogens is 1. The Morgan fingerprint density at radius 1 is 1.26 bits per heavy atom. The van der Waals surface area contributed by atoms with Gasteiger partial charge in [-0.3, -0.25) is 9.69 Å². The minimum atomic E-state index is -0.273. The lowest BCUT2D eigenvalue weighted by atomic mass is 9.94. The summed E-state index contributed by atoms with van der Waals surface area (Å²) in [5, 5.41) is 7.86. The highest BCUT2D eigenvalue weighted by Crippen LogP contribution is 2.28.